The molecule has 3 rings (SSSR count). The number of aromatic nitrogens is 1. The maximum Gasteiger partial charge on any atom is 0.309 e. The number of aliphatic hydroxyl groups is 2. The third kappa shape index (κ3) is 6.40. The van der Waals surface area contributed by atoms with Crippen molar-refractivity contribution in [3.63, 3.8) is 0 Å². The van der Waals surface area contributed by atoms with Gasteiger partial charge in [0.05, 0.1) is 35.7 Å². The number of hydrogen-bond acceptors (Lipinski definition) is 8. The Labute approximate surface area is 208 Å². The molecule has 7 atom stereocenters. The molecule has 0 radical (unpaired) electrons. The molecule has 2 fully saturated rings. The standard InChI is InChI=1S/C27H41NO7/c1-15-9-8-10-27(7)22(35-27)12-20(16(2)11-19-14-33-18(4)28-19)34-23(30)13-21(29)26(5,6)25(32)17(3)24(15)31/h11,14-15,17,20-22,24,29,31H,8-10,12-13H2,1-7H3/b16-11+/t15-,17+,20-,21-,22?,24-,27?/m0/s1. The number of Topliss-reactive ketones (excluding diaryl/α,β-unsaturated/α-hetero) is 1. The molecule has 0 aromatic carbocycles. The molecule has 2 aliphatic rings. The summed E-state index contributed by atoms with van der Waals surface area (Å²) in [5.41, 5.74) is -0.107. The van der Waals surface area contributed by atoms with Gasteiger partial charge >= 0.3 is 5.97 Å². The monoisotopic (exact) mass is 491 g/mol. The van der Waals surface area contributed by atoms with E-state index >= 15 is 0 Å². The predicted octanol–water partition coefficient (Wildman–Crippen LogP) is 4.01. The van der Waals surface area contributed by atoms with Gasteiger partial charge in [-0.05, 0) is 44.3 Å². The van der Waals surface area contributed by atoms with Crippen molar-refractivity contribution >= 4 is 17.8 Å². The number of aryl methyl sites for hydroxylation is 1. The molecule has 2 unspecified atom stereocenters. The fraction of sp³-hybridized carbons (Fsp3) is 0.741. The van der Waals surface area contributed by atoms with E-state index < -0.39 is 35.6 Å². The van der Waals surface area contributed by atoms with Gasteiger partial charge in [0.1, 0.15) is 23.8 Å². The maximum absolute atomic E-state index is 13.2. The van der Waals surface area contributed by atoms with Crippen LogP contribution in [0.3, 0.4) is 0 Å². The van der Waals surface area contributed by atoms with Gasteiger partial charge in [0, 0.05) is 19.3 Å². The fourth-order valence-corrected chi connectivity index (χ4v) is 5.07. The third-order valence-electron chi connectivity index (χ3n) is 7.93. The minimum atomic E-state index is -1.24. The van der Waals surface area contributed by atoms with E-state index in [2.05, 4.69) is 11.9 Å². The quantitative estimate of drug-likeness (QED) is 0.470. The number of cyclic esters (lactones) is 1. The first-order chi connectivity index (χ1) is 16.2. The molecule has 8 nitrogen and oxygen atoms in total. The predicted molar refractivity (Wildman–Crippen MR) is 130 cm³/mol. The van der Waals surface area contributed by atoms with Crippen molar-refractivity contribution in [1.29, 1.82) is 0 Å². The third-order valence-corrected chi connectivity index (χ3v) is 7.93. The SMILES string of the molecule is C/C(=C\c1coc(C)n1)[C@@H]1CC2OC2(C)CCC[C@H](C)[C@H](O)[C@@H](C)C(=O)C(C)(C)[C@@H](O)CC(=O)O1. The Hall–Kier alpha value is -2.03. The van der Waals surface area contributed by atoms with Gasteiger partial charge in [-0.2, -0.15) is 0 Å². The molecule has 35 heavy (non-hydrogen) atoms. The summed E-state index contributed by atoms with van der Waals surface area (Å²) < 4.78 is 17.1. The van der Waals surface area contributed by atoms with Crippen LogP contribution in [-0.2, 0) is 19.1 Å². The number of hydrogen-bond donors (Lipinski definition) is 2. The van der Waals surface area contributed by atoms with Crippen LogP contribution in [0.25, 0.3) is 6.08 Å². The number of rotatable bonds is 2. The molecule has 0 amide bonds. The van der Waals surface area contributed by atoms with Gasteiger partial charge < -0.3 is 24.1 Å². The average molecular weight is 492 g/mol. The zero-order valence-electron chi connectivity index (χ0n) is 22.0. The average Bonchev–Trinajstić information content (AvgIpc) is 3.22. The summed E-state index contributed by atoms with van der Waals surface area (Å²) in [6.07, 6.45) is 3.23. The van der Waals surface area contributed by atoms with Gasteiger partial charge in [0.15, 0.2) is 5.89 Å². The summed E-state index contributed by atoms with van der Waals surface area (Å²) in [6, 6.07) is 0. The Morgan fingerprint density at radius 1 is 1.20 bits per heavy atom. The minimum absolute atomic E-state index is 0.0716. The molecule has 2 saturated heterocycles. The Kier molecular flexibility index (Phi) is 8.29. The van der Waals surface area contributed by atoms with Crippen molar-refractivity contribution in [1.82, 2.24) is 4.98 Å². The van der Waals surface area contributed by atoms with Gasteiger partial charge in [-0.25, -0.2) is 4.98 Å². The Balaban J connectivity index is 1.85. The lowest BCUT2D eigenvalue weighted by atomic mass is 9.73. The van der Waals surface area contributed by atoms with Gasteiger partial charge in [-0.15, -0.1) is 0 Å². The van der Waals surface area contributed by atoms with Crippen LogP contribution in [0.15, 0.2) is 16.3 Å². The number of esters is 1. The van der Waals surface area contributed by atoms with E-state index in [-0.39, 0.29) is 29.8 Å². The Morgan fingerprint density at radius 3 is 2.51 bits per heavy atom. The number of ketones is 1. The number of carbonyl (C=O) groups excluding carboxylic acids is 2. The molecule has 0 saturated carbocycles. The van der Waals surface area contributed by atoms with Crippen LogP contribution in [0.1, 0.15) is 85.2 Å². The molecule has 1 aromatic heterocycles. The minimum Gasteiger partial charge on any atom is -0.458 e. The van der Waals surface area contributed by atoms with Crippen molar-refractivity contribution in [2.24, 2.45) is 17.3 Å². The lowest BCUT2D eigenvalue weighted by Gasteiger charge is -2.34. The second kappa shape index (κ2) is 10.5. The molecule has 8 heteroatoms. The maximum atomic E-state index is 13.2. The Bertz CT molecular complexity index is 951. The molecule has 2 aliphatic heterocycles. The second-order valence-corrected chi connectivity index (χ2v) is 11.3. The van der Waals surface area contributed by atoms with Gasteiger partial charge in [0.25, 0.3) is 0 Å². The molecule has 3 heterocycles. The topological polar surface area (TPSA) is 122 Å². The number of fused-ring (bicyclic) bond motifs is 1. The van der Waals surface area contributed by atoms with Crippen LogP contribution in [0.2, 0.25) is 0 Å². The van der Waals surface area contributed by atoms with Crippen LogP contribution in [0.5, 0.6) is 0 Å². The van der Waals surface area contributed by atoms with Crippen LogP contribution in [-0.4, -0.2) is 57.0 Å². The van der Waals surface area contributed by atoms with E-state index in [1.54, 1.807) is 34.0 Å². The van der Waals surface area contributed by atoms with Crippen LogP contribution < -0.4 is 0 Å². The van der Waals surface area contributed by atoms with E-state index in [9.17, 15) is 19.8 Å². The van der Waals surface area contributed by atoms with Crippen molar-refractivity contribution < 1.29 is 33.7 Å². The van der Waals surface area contributed by atoms with Crippen molar-refractivity contribution in [3.8, 4) is 0 Å². The van der Waals surface area contributed by atoms with E-state index in [1.165, 1.54) is 0 Å². The number of ether oxygens (including phenoxy) is 2. The van der Waals surface area contributed by atoms with E-state index in [4.69, 9.17) is 13.9 Å². The highest BCUT2D eigenvalue weighted by Gasteiger charge is 2.53. The van der Waals surface area contributed by atoms with Crippen molar-refractivity contribution in [2.75, 3.05) is 0 Å². The molecule has 1 aromatic rings. The largest absolute Gasteiger partial charge is 0.458 e. The van der Waals surface area contributed by atoms with Crippen LogP contribution in [0.4, 0.5) is 0 Å². The normalized spacial score (nSPS) is 37.5. The van der Waals surface area contributed by atoms with Gasteiger partial charge in [-0.1, -0.05) is 34.1 Å². The lowest BCUT2D eigenvalue weighted by Crippen LogP contribution is -2.45. The number of aliphatic hydroxyl groups excluding tert-OH is 2. The first kappa shape index (κ1) is 27.6. The molecule has 0 aliphatic carbocycles. The van der Waals surface area contributed by atoms with Crippen molar-refractivity contribution in [3.05, 3.63) is 23.4 Å². The highest BCUT2D eigenvalue weighted by Crippen LogP contribution is 2.45. The van der Waals surface area contributed by atoms with E-state index in [1.807, 2.05) is 19.9 Å². The number of carbonyl (C=O) groups is 2. The lowest BCUT2D eigenvalue weighted by molar-refractivity contribution is -0.154. The van der Waals surface area contributed by atoms with Crippen molar-refractivity contribution in [2.45, 2.75) is 111 Å². The zero-order chi connectivity index (χ0) is 26.1. The number of oxazole rings is 1. The highest BCUT2D eigenvalue weighted by molar-refractivity contribution is 5.88. The molecular weight excluding hydrogens is 450 g/mol. The summed E-state index contributed by atoms with van der Waals surface area (Å²) in [5, 5.41) is 21.7. The first-order valence-corrected chi connectivity index (χ1v) is 12.6. The summed E-state index contributed by atoms with van der Waals surface area (Å²) >= 11 is 0. The zero-order valence-corrected chi connectivity index (χ0v) is 22.0. The van der Waals surface area contributed by atoms with E-state index in [0.29, 0.717) is 18.0 Å². The summed E-state index contributed by atoms with van der Waals surface area (Å²) in [7, 11) is 0. The fourth-order valence-electron chi connectivity index (χ4n) is 5.07. The van der Waals surface area contributed by atoms with E-state index in [0.717, 1.165) is 24.8 Å². The van der Waals surface area contributed by atoms with Gasteiger partial charge in [-0.3, -0.25) is 9.59 Å². The summed E-state index contributed by atoms with van der Waals surface area (Å²) in [5.74, 6) is -1.06. The second-order valence-electron chi connectivity index (χ2n) is 11.3. The number of epoxide rings is 1. The molecule has 0 spiro atoms. The molecule has 196 valence electrons. The van der Waals surface area contributed by atoms with Crippen LogP contribution in [0, 0.1) is 24.2 Å². The smallest absolute Gasteiger partial charge is 0.309 e. The summed E-state index contributed by atoms with van der Waals surface area (Å²) in [4.78, 5) is 30.4. The summed E-state index contributed by atoms with van der Waals surface area (Å²) in [6.45, 7) is 12.5. The molecule has 0 bridgehead atoms. The van der Waals surface area contributed by atoms with Gasteiger partial charge in [0.2, 0.25) is 0 Å². The van der Waals surface area contributed by atoms with Crippen LogP contribution >= 0.6 is 0 Å². The number of nitrogens with zero attached hydrogens (tertiary/aromatic N) is 1. The Morgan fingerprint density at radius 2 is 1.89 bits per heavy atom. The first-order valence-electron chi connectivity index (χ1n) is 12.6. The molecule has 2 N–H and O–H groups in total. The highest BCUT2D eigenvalue weighted by atomic mass is 16.6. The molecular formula is C27H41NO7.